The van der Waals surface area contributed by atoms with Crippen LogP contribution in [-0.2, 0) is 0 Å². The molecule has 0 unspecified atom stereocenters. The average molecular weight is 421 g/mol. The lowest BCUT2D eigenvalue weighted by atomic mass is 9.93. The number of halogens is 4. The lowest BCUT2D eigenvalue weighted by Crippen LogP contribution is -2.35. The highest BCUT2D eigenvalue weighted by Crippen LogP contribution is 2.35. The number of alkyl halides is 2. The second-order valence-electron chi connectivity index (χ2n) is 8.16. The van der Waals surface area contributed by atoms with Crippen molar-refractivity contribution in [2.45, 2.75) is 39.2 Å². The Bertz CT molecular complexity index is 1050. The highest BCUT2D eigenvalue weighted by Gasteiger charge is 2.21. The predicted octanol–water partition coefficient (Wildman–Crippen LogP) is 5.65. The molecule has 0 bridgehead atoms. The van der Waals surface area contributed by atoms with Crippen molar-refractivity contribution >= 4 is 10.9 Å². The first-order valence-corrected chi connectivity index (χ1v) is 9.49. The Kier molecular flexibility index (Phi) is 6.26. The maximum absolute atomic E-state index is 14.4. The number of nitrogens with two attached hydrogens (primary N) is 1. The molecule has 8 heteroatoms. The molecule has 0 saturated carbocycles. The molecule has 2 aromatic heterocycles. The van der Waals surface area contributed by atoms with Gasteiger partial charge in [0.15, 0.2) is 0 Å². The number of hydrogen-bond acceptors (Lipinski definition) is 4. The summed E-state index contributed by atoms with van der Waals surface area (Å²) in [4.78, 5) is 8.14. The zero-order valence-corrected chi connectivity index (χ0v) is 16.9. The van der Waals surface area contributed by atoms with Crippen molar-refractivity contribution in [2.75, 3.05) is 6.61 Å². The first kappa shape index (κ1) is 22.0. The van der Waals surface area contributed by atoms with Gasteiger partial charge in [0, 0.05) is 34.8 Å². The topological polar surface area (TPSA) is 61.0 Å². The number of hydrogen-bond donors (Lipinski definition) is 1. The highest BCUT2D eigenvalue weighted by atomic mass is 19.3. The molecule has 0 aliphatic carbocycles. The van der Waals surface area contributed by atoms with Gasteiger partial charge in [-0.05, 0) is 38.3 Å². The normalized spacial score (nSPS) is 13.1. The van der Waals surface area contributed by atoms with Crippen molar-refractivity contribution in [2.24, 2.45) is 11.7 Å². The van der Waals surface area contributed by atoms with Crippen LogP contribution in [0.2, 0.25) is 0 Å². The molecule has 0 spiro atoms. The van der Waals surface area contributed by atoms with Crippen LogP contribution in [0.3, 0.4) is 0 Å². The summed E-state index contributed by atoms with van der Waals surface area (Å²) in [6.07, 6.45) is 0.381. The summed E-state index contributed by atoms with van der Waals surface area (Å²) in [5.41, 5.74) is 5.66. The second kappa shape index (κ2) is 8.55. The van der Waals surface area contributed by atoms with Crippen LogP contribution in [-0.4, -0.2) is 22.1 Å². The lowest BCUT2D eigenvalue weighted by Gasteiger charge is -2.23. The number of ether oxygens (including phenoxy) is 1. The summed E-state index contributed by atoms with van der Waals surface area (Å²) in [7, 11) is 0. The molecule has 160 valence electrons. The molecule has 0 amide bonds. The molecule has 0 radical (unpaired) electrons. The SMILES string of the molecule is C[C@H](COc1cnc(-c2ccnc3cc(F)cc(F)c23)cc1C(F)F)CC(C)(C)N. The average Bonchev–Trinajstić information content (AvgIpc) is 2.64. The highest BCUT2D eigenvalue weighted by molar-refractivity contribution is 5.94. The Morgan fingerprint density at radius 2 is 1.87 bits per heavy atom. The van der Waals surface area contributed by atoms with E-state index in [0.29, 0.717) is 6.42 Å². The first-order chi connectivity index (χ1) is 14.0. The third-order valence-corrected chi connectivity index (χ3v) is 4.56. The summed E-state index contributed by atoms with van der Waals surface area (Å²) < 4.78 is 60.9. The molecule has 0 saturated heterocycles. The van der Waals surface area contributed by atoms with Crippen LogP contribution in [0.1, 0.15) is 39.2 Å². The molecule has 3 rings (SSSR count). The molecule has 2 N–H and O–H groups in total. The van der Waals surface area contributed by atoms with Crippen LogP contribution in [0.25, 0.3) is 22.2 Å². The summed E-state index contributed by atoms with van der Waals surface area (Å²) >= 11 is 0. The standard InChI is InChI=1S/C22H23F4N3O/c1-12(9-22(2,3)27)11-30-19-10-29-17(8-15(19)21(25)26)14-4-5-28-18-7-13(23)6-16(24)20(14)18/h4-8,10,12,21H,9,11,27H2,1-3H3/t12-/m0/s1. The number of pyridine rings is 2. The van der Waals surface area contributed by atoms with Gasteiger partial charge in [-0.2, -0.15) is 0 Å². The molecule has 0 aliphatic heterocycles. The minimum absolute atomic E-state index is 0.0130. The van der Waals surface area contributed by atoms with Gasteiger partial charge in [-0.15, -0.1) is 0 Å². The number of benzene rings is 1. The van der Waals surface area contributed by atoms with Crippen molar-refractivity contribution in [1.82, 2.24) is 9.97 Å². The molecule has 4 nitrogen and oxygen atoms in total. The monoisotopic (exact) mass is 421 g/mol. The van der Waals surface area contributed by atoms with Crippen molar-refractivity contribution < 1.29 is 22.3 Å². The van der Waals surface area contributed by atoms with Gasteiger partial charge >= 0.3 is 0 Å². The van der Waals surface area contributed by atoms with Crippen molar-refractivity contribution in [1.29, 1.82) is 0 Å². The zero-order valence-electron chi connectivity index (χ0n) is 16.9. The minimum Gasteiger partial charge on any atom is -0.491 e. The molecular formula is C22H23F4N3O. The fourth-order valence-corrected chi connectivity index (χ4v) is 3.50. The Morgan fingerprint density at radius 1 is 1.13 bits per heavy atom. The van der Waals surface area contributed by atoms with E-state index >= 15 is 0 Å². The molecule has 0 aliphatic rings. The molecule has 1 atom stereocenters. The van der Waals surface area contributed by atoms with E-state index in [1.54, 1.807) is 0 Å². The van der Waals surface area contributed by atoms with Gasteiger partial charge in [0.1, 0.15) is 17.4 Å². The fraction of sp³-hybridized carbons (Fsp3) is 0.364. The number of rotatable bonds is 7. The summed E-state index contributed by atoms with van der Waals surface area (Å²) in [6, 6.07) is 4.41. The van der Waals surface area contributed by atoms with E-state index in [9.17, 15) is 17.6 Å². The summed E-state index contributed by atoms with van der Waals surface area (Å²) in [5.74, 6) is -1.61. The Hall–Kier alpha value is -2.74. The van der Waals surface area contributed by atoms with Gasteiger partial charge in [-0.1, -0.05) is 6.92 Å². The molecule has 0 fully saturated rings. The van der Waals surface area contributed by atoms with E-state index in [0.717, 1.165) is 18.2 Å². The van der Waals surface area contributed by atoms with E-state index in [1.807, 2.05) is 20.8 Å². The van der Waals surface area contributed by atoms with E-state index in [-0.39, 0.29) is 46.0 Å². The van der Waals surface area contributed by atoms with Crippen LogP contribution in [0, 0.1) is 17.6 Å². The van der Waals surface area contributed by atoms with Crippen molar-refractivity contribution in [3.63, 3.8) is 0 Å². The molecule has 1 aromatic carbocycles. The van der Waals surface area contributed by atoms with Crippen LogP contribution in [0.5, 0.6) is 5.75 Å². The first-order valence-electron chi connectivity index (χ1n) is 9.49. The van der Waals surface area contributed by atoms with E-state index in [4.69, 9.17) is 10.5 Å². The van der Waals surface area contributed by atoms with Crippen LogP contribution >= 0.6 is 0 Å². The smallest absolute Gasteiger partial charge is 0.267 e. The van der Waals surface area contributed by atoms with Crippen molar-refractivity contribution in [3.05, 3.63) is 53.9 Å². The van der Waals surface area contributed by atoms with Gasteiger partial charge < -0.3 is 10.5 Å². The van der Waals surface area contributed by atoms with E-state index in [2.05, 4.69) is 9.97 Å². The van der Waals surface area contributed by atoms with Gasteiger partial charge in [0.25, 0.3) is 6.43 Å². The van der Waals surface area contributed by atoms with Crippen molar-refractivity contribution in [3.8, 4) is 17.0 Å². The van der Waals surface area contributed by atoms with Gasteiger partial charge in [0.2, 0.25) is 0 Å². The third kappa shape index (κ3) is 5.05. The molecule has 30 heavy (non-hydrogen) atoms. The fourth-order valence-electron chi connectivity index (χ4n) is 3.50. The molecule has 3 aromatic rings. The lowest BCUT2D eigenvalue weighted by molar-refractivity contribution is 0.142. The Balaban J connectivity index is 1.96. The maximum Gasteiger partial charge on any atom is 0.267 e. The minimum atomic E-state index is -2.82. The maximum atomic E-state index is 14.4. The van der Waals surface area contributed by atoms with Gasteiger partial charge in [-0.3, -0.25) is 9.97 Å². The zero-order chi connectivity index (χ0) is 22.1. The number of nitrogens with zero attached hydrogens (tertiary/aromatic N) is 2. The van der Waals surface area contributed by atoms with E-state index in [1.165, 1.54) is 18.5 Å². The Morgan fingerprint density at radius 3 is 2.53 bits per heavy atom. The second-order valence-corrected chi connectivity index (χ2v) is 8.16. The largest absolute Gasteiger partial charge is 0.491 e. The predicted molar refractivity (Wildman–Crippen MR) is 107 cm³/mol. The summed E-state index contributed by atoms with van der Waals surface area (Å²) in [5, 5.41) is 0.0130. The van der Waals surface area contributed by atoms with Crippen LogP contribution in [0.4, 0.5) is 17.6 Å². The number of aromatic nitrogens is 2. The quantitative estimate of drug-likeness (QED) is 0.501. The third-order valence-electron chi connectivity index (χ3n) is 4.56. The van der Waals surface area contributed by atoms with Gasteiger partial charge in [0.05, 0.1) is 29.6 Å². The summed E-state index contributed by atoms with van der Waals surface area (Å²) in [6.45, 7) is 5.89. The molecular weight excluding hydrogens is 398 g/mol. The number of fused-ring (bicyclic) bond motifs is 1. The Labute approximate surface area is 172 Å². The van der Waals surface area contributed by atoms with Crippen LogP contribution < -0.4 is 10.5 Å². The van der Waals surface area contributed by atoms with Gasteiger partial charge in [-0.25, -0.2) is 17.6 Å². The molecule has 2 heterocycles. The van der Waals surface area contributed by atoms with Crippen LogP contribution in [0.15, 0.2) is 36.7 Å². The van der Waals surface area contributed by atoms with E-state index < -0.39 is 23.6 Å².